The van der Waals surface area contributed by atoms with Crippen LogP contribution in [0, 0.1) is 5.92 Å². The molecule has 3 atom stereocenters. The van der Waals surface area contributed by atoms with Gasteiger partial charge in [-0.2, -0.15) is 0 Å². The highest BCUT2D eigenvalue weighted by Gasteiger charge is 2.42. The SMILES string of the molecule is NC(=O)c1nc2c(s1)CC[C@H]([C@@H]1c3ccccc3-c3cncn31)[C@@H]2O. The molecule has 0 radical (unpaired) electrons. The molecule has 3 heterocycles. The van der Waals surface area contributed by atoms with Gasteiger partial charge in [-0.3, -0.25) is 4.79 Å². The van der Waals surface area contributed by atoms with Gasteiger partial charge in [-0.05, 0) is 18.4 Å². The van der Waals surface area contributed by atoms with E-state index in [1.165, 1.54) is 22.5 Å². The molecule has 0 saturated heterocycles. The van der Waals surface area contributed by atoms with Crippen molar-refractivity contribution in [3.8, 4) is 11.3 Å². The molecule has 3 aromatic rings. The second-order valence-corrected chi connectivity index (χ2v) is 7.64. The Labute approximate surface area is 148 Å². The average molecular weight is 352 g/mol. The summed E-state index contributed by atoms with van der Waals surface area (Å²) in [6.45, 7) is 0. The minimum absolute atomic E-state index is 0.0214. The number of hydrogen-bond acceptors (Lipinski definition) is 5. The zero-order valence-corrected chi connectivity index (χ0v) is 14.1. The van der Waals surface area contributed by atoms with Crippen LogP contribution in [0.1, 0.15) is 44.5 Å². The Hall–Kier alpha value is -2.51. The first-order valence-corrected chi connectivity index (χ1v) is 9.05. The summed E-state index contributed by atoms with van der Waals surface area (Å²) in [5.74, 6) is -0.557. The predicted octanol–water partition coefficient (Wildman–Crippen LogP) is 2.30. The fraction of sp³-hybridized carbons (Fsp3) is 0.278. The number of amides is 1. The number of nitrogens with zero attached hydrogens (tertiary/aromatic N) is 3. The number of nitrogens with two attached hydrogens (primary N) is 1. The normalized spacial score (nSPS) is 23.8. The van der Waals surface area contributed by atoms with Crippen molar-refractivity contribution in [1.82, 2.24) is 14.5 Å². The van der Waals surface area contributed by atoms with Crippen LogP contribution in [-0.4, -0.2) is 25.5 Å². The predicted molar refractivity (Wildman–Crippen MR) is 93.2 cm³/mol. The van der Waals surface area contributed by atoms with Crippen molar-refractivity contribution in [2.45, 2.75) is 25.0 Å². The molecule has 2 aromatic heterocycles. The molecular weight excluding hydrogens is 336 g/mol. The van der Waals surface area contributed by atoms with E-state index in [1.807, 2.05) is 24.7 Å². The molecule has 5 rings (SSSR count). The third-order valence-corrected chi connectivity index (χ3v) is 6.40. The maximum Gasteiger partial charge on any atom is 0.277 e. The van der Waals surface area contributed by atoms with E-state index in [4.69, 9.17) is 5.73 Å². The quantitative estimate of drug-likeness (QED) is 0.740. The van der Waals surface area contributed by atoms with Crippen molar-refractivity contribution in [3.05, 3.63) is 57.9 Å². The number of aliphatic hydroxyl groups excluding tert-OH is 1. The van der Waals surface area contributed by atoms with E-state index in [0.29, 0.717) is 5.69 Å². The van der Waals surface area contributed by atoms with Crippen LogP contribution in [0.3, 0.4) is 0 Å². The smallest absolute Gasteiger partial charge is 0.277 e. The van der Waals surface area contributed by atoms with Crippen molar-refractivity contribution in [1.29, 1.82) is 0 Å². The van der Waals surface area contributed by atoms with Gasteiger partial charge in [-0.25, -0.2) is 9.97 Å². The van der Waals surface area contributed by atoms with Crippen LogP contribution in [0.15, 0.2) is 36.8 Å². The van der Waals surface area contributed by atoms with Crippen LogP contribution in [-0.2, 0) is 6.42 Å². The lowest BCUT2D eigenvalue weighted by atomic mass is 9.80. The molecule has 25 heavy (non-hydrogen) atoms. The Kier molecular flexibility index (Phi) is 3.10. The molecule has 1 aromatic carbocycles. The standard InChI is InChI=1S/C18H16N4O2S/c19-17(24)18-21-14-13(25-18)6-5-11(16(14)23)15-10-4-2-1-3-9(10)12-7-20-8-22(12)15/h1-4,7-8,11,15-16,23H,5-6H2,(H2,19,24)/t11-,15+,16+/m1/s1. The number of aryl methyl sites for hydroxylation is 1. The van der Waals surface area contributed by atoms with Crippen LogP contribution in [0.25, 0.3) is 11.3 Å². The minimum atomic E-state index is -0.723. The topological polar surface area (TPSA) is 94.0 Å². The summed E-state index contributed by atoms with van der Waals surface area (Å²) < 4.78 is 2.14. The first-order chi connectivity index (χ1) is 12.1. The number of aliphatic hydroxyl groups is 1. The van der Waals surface area contributed by atoms with Gasteiger partial charge in [0.25, 0.3) is 5.91 Å². The van der Waals surface area contributed by atoms with Gasteiger partial charge in [0.1, 0.15) is 6.10 Å². The molecule has 0 spiro atoms. The number of hydrogen-bond donors (Lipinski definition) is 2. The molecule has 0 fully saturated rings. The van der Waals surface area contributed by atoms with Crippen molar-refractivity contribution in [2.75, 3.05) is 0 Å². The summed E-state index contributed by atoms with van der Waals surface area (Å²) in [4.78, 5) is 21.0. The summed E-state index contributed by atoms with van der Waals surface area (Å²) in [7, 11) is 0. The van der Waals surface area contributed by atoms with Crippen LogP contribution in [0.2, 0.25) is 0 Å². The summed E-state index contributed by atoms with van der Waals surface area (Å²) in [5, 5.41) is 11.3. The molecule has 1 amide bonds. The molecule has 7 heteroatoms. The van der Waals surface area contributed by atoms with Gasteiger partial charge in [0, 0.05) is 16.4 Å². The van der Waals surface area contributed by atoms with E-state index in [0.717, 1.165) is 23.4 Å². The van der Waals surface area contributed by atoms with E-state index in [2.05, 4.69) is 26.7 Å². The van der Waals surface area contributed by atoms with Crippen LogP contribution >= 0.6 is 11.3 Å². The van der Waals surface area contributed by atoms with Crippen LogP contribution in [0.4, 0.5) is 0 Å². The Morgan fingerprint density at radius 1 is 1.36 bits per heavy atom. The average Bonchev–Trinajstić information content (AvgIpc) is 3.29. The fourth-order valence-corrected chi connectivity index (χ4v) is 5.15. The van der Waals surface area contributed by atoms with Crippen LogP contribution in [0.5, 0.6) is 0 Å². The minimum Gasteiger partial charge on any atom is -0.386 e. The number of fused-ring (bicyclic) bond motifs is 4. The maximum atomic E-state index is 11.4. The zero-order chi connectivity index (χ0) is 17.1. The molecule has 126 valence electrons. The van der Waals surface area contributed by atoms with Gasteiger partial charge in [-0.1, -0.05) is 24.3 Å². The molecule has 0 saturated carbocycles. The fourth-order valence-electron chi connectivity index (χ4n) is 4.18. The number of carbonyl (C=O) groups excluding carboxylic acids is 1. The molecule has 3 N–H and O–H groups in total. The first-order valence-electron chi connectivity index (χ1n) is 8.23. The molecule has 1 aliphatic heterocycles. The van der Waals surface area contributed by atoms with Gasteiger partial charge in [0.2, 0.25) is 0 Å². The van der Waals surface area contributed by atoms with Gasteiger partial charge in [-0.15, -0.1) is 11.3 Å². The lowest BCUT2D eigenvalue weighted by molar-refractivity contribution is 0.0690. The van der Waals surface area contributed by atoms with Gasteiger partial charge >= 0.3 is 0 Å². The Bertz CT molecular complexity index is 993. The van der Waals surface area contributed by atoms with Gasteiger partial charge < -0.3 is 15.4 Å². The van der Waals surface area contributed by atoms with Crippen molar-refractivity contribution >= 4 is 17.2 Å². The number of rotatable bonds is 2. The second-order valence-electron chi connectivity index (χ2n) is 6.56. The lowest BCUT2D eigenvalue weighted by Crippen LogP contribution is -2.28. The number of aromatic nitrogens is 3. The molecule has 2 aliphatic rings. The summed E-state index contributed by atoms with van der Waals surface area (Å²) in [6, 6.07) is 8.28. The van der Waals surface area contributed by atoms with Gasteiger partial charge in [0.05, 0.1) is 30.0 Å². The van der Waals surface area contributed by atoms with E-state index in [-0.39, 0.29) is 17.0 Å². The largest absolute Gasteiger partial charge is 0.386 e. The summed E-state index contributed by atoms with van der Waals surface area (Å²) in [5.41, 5.74) is 9.42. The summed E-state index contributed by atoms with van der Waals surface area (Å²) >= 11 is 1.30. The highest BCUT2D eigenvalue weighted by Crippen LogP contribution is 2.50. The third kappa shape index (κ3) is 2.03. The Balaban J connectivity index is 1.59. The second kappa shape index (κ2) is 5.24. The molecule has 0 unspecified atom stereocenters. The monoisotopic (exact) mass is 352 g/mol. The van der Waals surface area contributed by atoms with Gasteiger partial charge in [0.15, 0.2) is 5.01 Å². The number of carbonyl (C=O) groups is 1. The third-order valence-electron chi connectivity index (χ3n) is 5.26. The highest BCUT2D eigenvalue weighted by molar-refractivity contribution is 7.13. The molecule has 0 bridgehead atoms. The maximum absolute atomic E-state index is 11.4. The Morgan fingerprint density at radius 2 is 2.20 bits per heavy atom. The number of thiazole rings is 1. The van der Waals surface area contributed by atoms with Crippen molar-refractivity contribution in [3.63, 3.8) is 0 Å². The van der Waals surface area contributed by atoms with Crippen molar-refractivity contribution < 1.29 is 9.90 Å². The first kappa shape index (κ1) is 14.8. The number of primary amides is 1. The van der Waals surface area contributed by atoms with Crippen molar-refractivity contribution in [2.24, 2.45) is 11.7 Å². The van der Waals surface area contributed by atoms with E-state index in [9.17, 15) is 9.90 Å². The van der Waals surface area contributed by atoms with E-state index >= 15 is 0 Å². The van der Waals surface area contributed by atoms with E-state index in [1.54, 1.807) is 0 Å². The number of benzene rings is 1. The number of imidazole rings is 1. The summed E-state index contributed by atoms with van der Waals surface area (Å²) in [6.07, 6.45) is 4.60. The Morgan fingerprint density at radius 3 is 3.04 bits per heavy atom. The van der Waals surface area contributed by atoms with Crippen LogP contribution < -0.4 is 5.73 Å². The lowest BCUT2D eigenvalue weighted by Gasteiger charge is -2.33. The molecule has 1 aliphatic carbocycles. The zero-order valence-electron chi connectivity index (χ0n) is 13.3. The highest BCUT2D eigenvalue weighted by atomic mass is 32.1. The van der Waals surface area contributed by atoms with E-state index < -0.39 is 12.0 Å². The molecule has 6 nitrogen and oxygen atoms in total. The molecular formula is C18H16N4O2S.